The van der Waals surface area contributed by atoms with E-state index < -0.39 is 5.60 Å². The molecule has 0 bridgehead atoms. The number of hydrogen-bond donors (Lipinski definition) is 1. The van der Waals surface area contributed by atoms with Gasteiger partial charge in [0.25, 0.3) is 5.91 Å². The number of anilines is 1. The Morgan fingerprint density at radius 1 is 1.25 bits per heavy atom. The molecule has 0 unspecified atom stereocenters. The molecule has 0 aliphatic heterocycles. The highest BCUT2D eigenvalue weighted by Crippen LogP contribution is 2.31. The van der Waals surface area contributed by atoms with Gasteiger partial charge in [0.1, 0.15) is 16.9 Å². The van der Waals surface area contributed by atoms with Crippen LogP contribution in [0.4, 0.5) is 5.69 Å². The van der Waals surface area contributed by atoms with Crippen molar-refractivity contribution >= 4 is 22.5 Å². The van der Waals surface area contributed by atoms with Gasteiger partial charge in [0.15, 0.2) is 0 Å². The van der Waals surface area contributed by atoms with Crippen LogP contribution in [0.15, 0.2) is 30.5 Å². The molecule has 0 fully saturated rings. The van der Waals surface area contributed by atoms with E-state index in [9.17, 15) is 4.79 Å². The highest BCUT2D eigenvalue weighted by Gasteiger charge is 2.32. The number of nitrogens with zero attached hydrogens (tertiary/aromatic N) is 1. The zero-order valence-electron chi connectivity index (χ0n) is 14.9. The van der Waals surface area contributed by atoms with Crippen LogP contribution in [-0.4, -0.2) is 29.7 Å². The molecule has 0 saturated heterocycles. The number of aromatic nitrogens is 1. The Labute approximate surface area is 143 Å². The van der Waals surface area contributed by atoms with E-state index in [-0.39, 0.29) is 5.91 Å². The van der Waals surface area contributed by atoms with Crippen LogP contribution in [0.2, 0.25) is 0 Å². The second-order valence-electron chi connectivity index (χ2n) is 5.83. The predicted octanol–water partition coefficient (Wildman–Crippen LogP) is 4.17. The highest BCUT2D eigenvalue weighted by molar-refractivity contribution is 6.05. The van der Waals surface area contributed by atoms with E-state index >= 15 is 0 Å². The number of amides is 1. The third-order valence-corrected chi connectivity index (χ3v) is 4.06. The molecule has 2 rings (SSSR count). The number of fused-ring (bicyclic) bond motifs is 1. The molecule has 5 heteroatoms. The molecule has 1 aromatic heterocycles. The van der Waals surface area contributed by atoms with Crippen LogP contribution in [0.1, 0.15) is 40.5 Å². The zero-order chi connectivity index (χ0) is 17.6. The SMILES string of the molecule is CCCO[C@](C)(CC)C(=O)Nc1ccc(OCC)c2ncccc12. The first-order chi connectivity index (χ1) is 11.6. The number of ether oxygens (including phenoxy) is 2. The molecular formula is C19H26N2O3. The second-order valence-corrected chi connectivity index (χ2v) is 5.83. The number of carbonyl (C=O) groups excluding carboxylic acids is 1. The Kier molecular flexibility index (Phi) is 6.15. The number of pyridine rings is 1. The molecule has 0 radical (unpaired) electrons. The average Bonchev–Trinajstić information content (AvgIpc) is 2.61. The molecule has 0 saturated carbocycles. The van der Waals surface area contributed by atoms with Crippen molar-refractivity contribution in [3.05, 3.63) is 30.5 Å². The average molecular weight is 330 g/mol. The summed E-state index contributed by atoms with van der Waals surface area (Å²) < 4.78 is 11.4. The minimum atomic E-state index is -0.844. The molecule has 2 aromatic rings. The van der Waals surface area contributed by atoms with E-state index in [0.717, 1.165) is 17.3 Å². The van der Waals surface area contributed by atoms with Crippen molar-refractivity contribution < 1.29 is 14.3 Å². The van der Waals surface area contributed by atoms with Gasteiger partial charge in [-0.2, -0.15) is 0 Å². The Bertz CT molecular complexity index is 702. The fraction of sp³-hybridized carbons (Fsp3) is 0.474. The molecule has 1 N–H and O–H groups in total. The lowest BCUT2D eigenvalue weighted by atomic mass is 10.0. The van der Waals surface area contributed by atoms with Gasteiger partial charge in [0.2, 0.25) is 0 Å². The summed E-state index contributed by atoms with van der Waals surface area (Å²) in [6.45, 7) is 8.86. The van der Waals surface area contributed by atoms with Gasteiger partial charge in [-0.25, -0.2) is 0 Å². The quantitative estimate of drug-likeness (QED) is 0.789. The molecule has 1 atom stereocenters. The molecule has 1 amide bonds. The third kappa shape index (κ3) is 3.85. The fourth-order valence-electron chi connectivity index (χ4n) is 2.44. The van der Waals surface area contributed by atoms with Crippen LogP contribution in [-0.2, 0) is 9.53 Å². The van der Waals surface area contributed by atoms with Crippen molar-refractivity contribution in [3.63, 3.8) is 0 Å². The summed E-state index contributed by atoms with van der Waals surface area (Å²) in [4.78, 5) is 17.1. The van der Waals surface area contributed by atoms with E-state index in [2.05, 4.69) is 10.3 Å². The van der Waals surface area contributed by atoms with Crippen molar-refractivity contribution in [1.82, 2.24) is 4.98 Å². The van der Waals surface area contributed by atoms with E-state index in [1.165, 1.54) is 0 Å². The summed E-state index contributed by atoms with van der Waals surface area (Å²) >= 11 is 0. The second kappa shape index (κ2) is 8.11. The Morgan fingerprint density at radius 2 is 2.04 bits per heavy atom. The summed E-state index contributed by atoms with van der Waals surface area (Å²) in [5, 5.41) is 3.85. The Balaban J connectivity index is 2.33. The third-order valence-electron chi connectivity index (χ3n) is 4.06. The molecule has 0 spiro atoms. The molecule has 1 aromatic carbocycles. The molecular weight excluding hydrogens is 304 g/mol. The van der Waals surface area contributed by atoms with Crippen LogP contribution < -0.4 is 10.1 Å². The van der Waals surface area contributed by atoms with E-state index in [1.54, 1.807) is 6.20 Å². The molecule has 0 aliphatic rings. The van der Waals surface area contributed by atoms with E-state index in [0.29, 0.717) is 31.1 Å². The minimum absolute atomic E-state index is 0.146. The molecule has 5 nitrogen and oxygen atoms in total. The number of hydrogen-bond acceptors (Lipinski definition) is 4. The summed E-state index contributed by atoms with van der Waals surface area (Å²) in [7, 11) is 0. The monoisotopic (exact) mass is 330 g/mol. The van der Waals surface area contributed by atoms with Crippen molar-refractivity contribution in [2.24, 2.45) is 0 Å². The van der Waals surface area contributed by atoms with Crippen LogP contribution in [0.5, 0.6) is 5.75 Å². The lowest BCUT2D eigenvalue weighted by molar-refractivity contribution is -0.139. The minimum Gasteiger partial charge on any atom is -0.492 e. The predicted molar refractivity (Wildman–Crippen MR) is 96.5 cm³/mol. The standard InChI is InChI=1S/C19H26N2O3/c1-5-13-24-19(4,6-2)18(22)21-15-10-11-16(23-7-3)17-14(15)9-8-12-20-17/h8-12H,5-7,13H2,1-4H3,(H,21,22)/t19-/m1/s1. The van der Waals surface area contributed by atoms with E-state index in [1.807, 2.05) is 52.0 Å². The topological polar surface area (TPSA) is 60.5 Å². The van der Waals surface area contributed by atoms with Crippen LogP contribution in [0.25, 0.3) is 10.9 Å². The van der Waals surface area contributed by atoms with Crippen molar-refractivity contribution in [1.29, 1.82) is 0 Å². The summed E-state index contributed by atoms with van der Waals surface area (Å²) in [6.07, 6.45) is 3.20. The first-order valence-corrected chi connectivity index (χ1v) is 8.51. The molecule has 130 valence electrons. The van der Waals surface area contributed by atoms with Crippen molar-refractivity contribution in [3.8, 4) is 5.75 Å². The van der Waals surface area contributed by atoms with Gasteiger partial charge in [-0.15, -0.1) is 0 Å². The van der Waals surface area contributed by atoms with Crippen LogP contribution in [0.3, 0.4) is 0 Å². The lowest BCUT2D eigenvalue weighted by Gasteiger charge is -2.27. The van der Waals surface area contributed by atoms with Gasteiger partial charge in [0, 0.05) is 18.2 Å². The van der Waals surface area contributed by atoms with Crippen LogP contribution in [0, 0.1) is 0 Å². The summed E-state index contributed by atoms with van der Waals surface area (Å²) in [5.41, 5.74) is 0.611. The van der Waals surface area contributed by atoms with Gasteiger partial charge < -0.3 is 14.8 Å². The highest BCUT2D eigenvalue weighted by atomic mass is 16.5. The maximum Gasteiger partial charge on any atom is 0.256 e. The fourth-order valence-corrected chi connectivity index (χ4v) is 2.44. The number of benzene rings is 1. The summed E-state index contributed by atoms with van der Waals surface area (Å²) in [5.74, 6) is 0.569. The molecule has 0 aliphatic carbocycles. The van der Waals surface area contributed by atoms with Crippen LogP contribution >= 0.6 is 0 Å². The largest absolute Gasteiger partial charge is 0.492 e. The Hall–Kier alpha value is -2.14. The maximum absolute atomic E-state index is 12.7. The maximum atomic E-state index is 12.7. The van der Waals surface area contributed by atoms with Gasteiger partial charge in [-0.1, -0.05) is 13.8 Å². The molecule has 1 heterocycles. The van der Waals surface area contributed by atoms with Gasteiger partial charge >= 0.3 is 0 Å². The molecule has 24 heavy (non-hydrogen) atoms. The van der Waals surface area contributed by atoms with Crippen molar-refractivity contribution in [2.75, 3.05) is 18.5 Å². The lowest BCUT2D eigenvalue weighted by Crippen LogP contribution is -2.42. The number of nitrogens with one attached hydrogen (secondary N) is 1. The number of carbonyl (C=O) groups is 1. The first-order valence-electron chi connectivity index (χ1n) is 8.51. The number of rotatable bonds is 8. The van der Waals surface area contributed by atoms with Gasteiger partial charge in [-0.3, -0.25) is 9.78 Å². The smallest absolute Gasteiger partial charge is 0.256 e. The van der Waals surface area contributed by atoms with E-state index in [4.69, 9.17) is 9.47 Å². The Morgan fingerprint density at radius 3 is 2.71 bits per heavy atom. The first kappa shape index (κ1) is 18.2. The van der Waals surface area contributed by atoms with Gasteiger partial charge in [0.05, 0.1) is 12.3 Å². The van der Waals surface area contributed by atoms with Crippen molar-refractivity contribution in [2.45, 2.75) is 46.1 Å². The normalized spacial score (nSPS) is 13.5. The zero-order valence-corrected chi connectivity index (χ0v) is 14.9. The van der Waals surface area contributed by atoms with Gasteiger partial charge in [-0.05, 0) is 51.0 Å². The summed E-state index contributed by atoms with van der Waals surface area (Å²) in [6, 6.07) is 7.46.